The number of hydrogen-bond acceptors (Lipinski definition) is 6. The van der Waals surface area contributed by atoms with Crippen molar-refractivity contribution in [3.8, 4) is 22.9 Å². The van der Waals surface area contributed by atoms with E-state index in [-0.39, 0.29) is 11.7 Å². The predicted molar refractivity (Wildman–Crippen MR) is 147 cm³/mol. The molecule has 8 heteroatoms. The molecule has 2 heterocycles. The Bertz CT molecular complexity index is 1700. The van der Waals surface area contributed by atoms with Gasteiger partial charge in [0, 0.05) is 11.3 Å². The van der Waals surface area contributed by atoms with Gasteiger partial charge in [-0.1, -0.05) is 66.7 Å². The Morgan fingerprint density at radius 2 is 1.71 bits per heavy atom. The quantitative estimate of drug-likeness (QED) is 0.283. The van der Waals surface area contributed by atoms with Crippen LogP contribution >= 0.6 is 0 Å². The summed E-state index contributed by atoms with van der Waals surface area (Å²) in [4.78, 5) is 18.6. The number of benzene rings is 4. The number of para-hydroxylation sites is 2. The van der Waals surface area contributed by atoms with Gasteiger partial charge >= 0.3 is 0 Å². The summed E-state index contributed by atoms with van der Waals surface area (Å²) in [5, 5.41) is 23.2. The number of allylic oxidation sites excluding steroid dienone is 1. The normalized spacial score (nSPS) is 14.6. The smallest absolute Gasteiger partial charge is 0.255 e. The molecule has 0 saturated carbocycles. The van der Waals surface area contributed by atoms with Crippen LogP contribution in [-0.4, -0.2) is 32.9 Å². The molecular weight excluding hydrogens is 478 g/mol. The van der Waals surface area contributed by atoms with E-state index in [1.54, 1.807) is 48.2 Å². The van der Waals surface area contributed by atoms with Gasteiger partial charge in [0.2, 0.25) is 5.95 Å². The molecule has 8 nitrogen and oxygen atoms in total. The van der Waals surface area contributed by atoms with Crippen molar-refractivity contribution in [2.24, 2.45) is 0 Å². The summed E-state index contributed by atoms with van der Waals surface area (Å²) in [6.07, 6.45) is 0. The molecule has 38 heavy (non-hydrogen) atoms. The van der Waals surface area contributed by atoms with E-state index in [0.29, 0.717) is 34.5 Å². The van der Waals surface area contributed by atoms with Crippen LogP contribution in [0.25, 0.3) is 22.2 Å². The van der Waals surface area contributed by atoms with E-state index in [2.05, 4.69) is 22.8 Å². The number of ether oxygens (including phenoxy) is 1. The topological polar surface area (TPSA) is 101 Å². The highest BCUT2D eigenvalue weighted by molar-refractivity contribution is 6.06. The number of phenolic OH excluding ortho intramolecular Hbond substituents is 1. The Balaban J connectivity index is 1.47. The van der Waals surface area contributed by atoms with Gasteiger partial charge in [0.05, 0.1) is 18.4 Å². The van der Waals surface area contributed by atoms with E-state index in [9.17, 15) is 9.90 Å². The summed E-state index contributed by atoms with van der Waals surface area (Å²) in [6.45, 7) is 1.85. The number of methoxy groups -OCH3 is 1. The second kappa shape index (κ2) is 9.40. The summed E-state index contributed by atoms with van der Waals surface area (Å²) < 4.78 is 7.16. The standard InChI is InChI=1S/C30H25N5O3/c1-18-26(29(37)32-24-12-5-6-13-25(24)38-2)27(20-14-16-21(36)17-15-20)35-30(31-18)33-28(34-35)23-11-7-9-19-8-3-4-10-22(19)23/h3-17,27,36H,1-2H3,(H,32,37)(H,31,33,34). The highest BCUT2D eigenvalue weighted by Crippen LogP contribution is 2.38. The zero-order valence-corrected chi connectivity index (χ0v) is 20.8. The molecule has 4 aromatic carbocycles. The third kappa shape index (κ3) is 4.02. The predicted octanol–water partition coefficient (Wildman–Crippen LogP) is 5.74. The van der Waals surface area contributed by atoms with E-state index in [0.717, 1.165) is 21.9 Å². The minimum Gasteiger partial charge on any atom is -0.508 e. The van der Waals surface area contributed by atoms with Crippen molar-refractivity contribution in [1.82, 2.24) is 14.8 Å². The van der Waals surface area contributed by atoms with Crippen LogP contribution in [-0.2, 0) is 4.79 Å². The van der Waals surface area contributed by atoms with Crippen LogP contribution in [0.4, 0.5) is 11.6 Å². The van der Waals surface area contributed by atoms with Gasteiger partial charge in [-0.3, -0.25) is 4.79 Å². The molecule has 1 aromatic heterocycles. The largest absolute Gasteiger partial charge is 0.508 e. The van der Waals surface area contributed by atoms with Gasteiger partial charge < -0.3 is 20.5 Å². The van der Waals surface area contributed by atoms with Crippen LogP contribution in [0.3, 0.4) is 0 Å². The Labute approximate surface area is 219 Å². The molecule has 188 valence electrons. The Morgan fingerprint density at radius 3 is 2.53 bits per heavy atom. The first-order valence-electron chi connectivity index (χ1n) is 12.2. The molecule has 0 spiro atoms. The fourth-order valence-electron chi connectivity index (χ4n) is 4.88. The van der Waals surface area contributed by atoms with Crippen molar-refractivity contribution in [1.29, 1.82) is 0 Å². The van der Waals surface area contributed by atoms with Crippen LogP contribution in [0, 0.1) is 0 Å². The summed E-state index contributed by atoms with van der Waals surface area (Å²) in [6, 6.07) is 27.6. The lowest BCUT2D eigenvalue weighted by molar-refractivity contribution is -0.113. The summed E-state index contributed by atoms with van der Waals surface area (Å²) in [5.74, 6) is 1.47. The Hall–Kier alpha value is -5.11. The second-order valence-corrected chi connectivity index (χ2v) is 9.04. The average molecular weight is 504 g/mol. The average Bonchev–Trinajstić information content (AvgIpc) is 3.36. The van der Waals surface area contributed by atoms with Gasteiger partial charge in [-0.2, -0.15) is 4.98 Å². The number of carbonyl (C=O) groups is 1. The van der Waals surface area contributed by atoms with E-state index in [4.69, 9.17) is 14.8 Å². The van der Waals surface area contributed by atoms with Crippen molar-refractivity contribution >= 4 is 28.3 Å². The van der Waals surface area contributed by atoms with Crippen LogP contribution in [0.2, 0.25) is 0 Å². The molecule has 0 bridgehead atoms. The maximum atomic E-state index is 13.8. The van der Waals surface area contributed by atoms with E-state index < -0.39 is 6.04 Å². The summed E-state index contributed by atoms with van der Waals surface area (Å²) in [7, 11) is 1.56. The molecule has 6 rings (SSSR count). The van der Waals surface area contributed by atoms with Crippen LogP contribution in [0.15, 0.2) is 102 Å². The molecule has 3 N–H and O–H groups in total. The molecule has 1 amide bonds. The van der Waals surface area contributed by atoms with Crippen molar-refractivity contribution in [3.05, 3.63) is 108 Å². The maximum absolute atomic E-state index is 13.8. The first kappa shape index (κ1) is 23.3. The molecule has 1 aliphatic heterocycles. The number of amides is 1. The third-order valence-electron chi connectivity index (χ3n) is 6.69. The number of phenols is 1. The van der Waals surface area contributed by atoms with E-state index in [1.165, 1.54) is 0 Å². The lowest BCUT2D eigenvalue weighted by atomic mass is 9.95. The maximum Gasteiger partial charge on any atom is 0.255 e. The van der Waals surface area contributed by atoms with Crippen molar-refractivity contribution in [2.75, 3.05) is 17.7 Å². The Morgan fingerprint density at radius 1 is 0.974 bits per heavy atom. The van der Waals surface area contributed by atoms with Crippen LogP contribution < -0.4 is 15.4 Å². The lowest BCUT2D eigenvalue weighted by Gasteiger charge is -2.28. The first-order chi connectivity index (χ1) is 18.5. The van der Waals surface area contributed by atoms with Gasteiger partial charge in [-0.05, 0) is 47.5 Å². The number of aromatic nitrogens is 3. The highest BCUT2D eigenvalue weighted by atomic mass is 16.5. The SMILES string of the molecule is COc1ccccc1NC(=O)C1=C(C)Nc2nc(-c3cccc4ccccc34)nn2C1c1ccc(O)cc1. The molecule has 1 atom stereocenters. The molecule has 0 saturated heterocycles. The van der Waals surface area contributed by atoms with Crippen LogP contribution in [0.1, 0.15) is 18.5 Å². The zero-order chi connectivity index (χ0) is 26.2. The zero-order valence-electron chi connectivity index (χ0n) is 20.8. The third-order valence-corrected chi connectivity index (χ3v) is 6.69. The number of rotatable bonds is 5. The number of nitrogens with one attached hydrogen (secondary N) is 2. The van der Waals surface area contributed by atoms with Crippen molar-refractivity contribution in [2.45, 2.75) is 13.0 Å². The Kier molecular flexibility index (Phi) is 5.76. The van der Waals surface area contributed by atoms with Gasteiger partial charge in [0.25, 0.3) is 5.91 Å². The van der Waals surface area contributed by atoms with E-state index >= 15 is 0 Å². The minimum atomic E-state index is -0.585. The molecule has 0 fully saturated rings. The van der Waals surface area contributed by atoms with Crippen molar-refractivity contribution in [3.63, 3.8) is 0 Å². The lowest BCUT2D eigenvalue weighted by Crippen LogP contribution is -2.31. The molecule has 0 aliphatic carbocycles. The fraction of sp³-hybridized carbons (Fsp3) is 0.100. The fourth-order valence-corrected chi connectivity index (χ4v) is 4.88. The van der Waals surface area contributed by atoms with Gasteiger partial charge in [0.15, 0.2) is 5.82 Å². The monoisotopic (exact) mass is 503 g/mol. The first-order valence-corrected chi connectivity index (χ1v) is 12.2. The number of fused-ring (bicyclic) bond motifs is 2. The molecule has 0 radical (unpaired) electrons. The molecule has 1 unspecified atom stereocenters. The number of nitrogens with zero attached hydrogens (tertiary/aromatic N) is 3. The molecule has 1 aliphatic rings. The van der Waals surface area contributed by atoms with Gasteiger partial charge in [-0.25, -0.2) is 4.68 Å². The number of hydrogen-bond donors (Lipinski definition) is 3. The van der Waals surface area contributed by atoms with Gasteiger partial charge in [-0.15, -0.1) is 5.10 Å². The van der Waals surface area contributed by atoms with Crippen LogP contribution in [0.5, 0.6) is 11.5 Å². The number of aromatic hydroxyl groups is 1. The van der Waals surface area contributed by atoms with Gasteiger partial charge in [0.1, 0.15) is 17.5 Å². The number of anilines is 2. The summed E-state index contributed by atoms with van der Waals surface area (Å²) in [5.41, 5.74) is 3.37. The molecule has 5 aromatic rings. The number of carbonyl (C=O) groups excluding carboxylic acids is 1. The molecular formula is C30H25N5O3. The minimum absolute atomic E-state index is 0.138. The highest BCUT2D eigenvalue weighted by Gasteiger charge is 2.35. The van der Waals surface area contributed by atoms with Crippen molar-refractivity contribution < 1.29 is 14.6 Å². The van der Waals surface area contributed by atoms with E-state index in [1.807, 2.05) is 49.4 Å². The summed E-state index contributed by atoms with van der Waals surface area (Å²) >= 11 is 0. The second-order valence-electron chi connectivity index (χ2n) is 9.04.